The average molecular weight is 329 g/mol. The highest BCUT2D eigenvalue weighted by molar-refractivity contribution is 9.10. The Hall–Kier alpha value is -1.86. The normalized spacial score (nSPS) is 10.3. The maximum absolute atomic E-state index is 13.0. The van der Waals surface area contributed by atoms with Crippen molar-refractivity contribution in [1.29, 1.82) is 0 Å². The summed E-state index contributed by atoms with van der Waals surface area (Å²) in [4.78, 5) is 11.4. The predicted molar refractivity (Wildman–Crippen MR) is 68.8 cm³/mol. The summed E-state index contributed by atoms with van der Waals surface area (Å²) >= 11 is 3.06. The quantitative estimate of drug-likeness (QED) is 0.513. The summed E-state index contributed by atoms with van der Waals surface area (Å²) in [5.74, 6) is 4.67. The number of carbonyl (C=O) groups is 1. The van der Waals surface area contributed by atoms with Crippen LogP contribution in [0.15, 0.2) is 39.4 Å². The van der Waals surface area contributed by atoms with E-state index < -0.39 is 5.91 Å². The predicted octanol–water partition coefficient (Wildman–Crippen LogP) is 2.36. The third-order valence-electron chi connectivity index (χ3n) is 2.37. The van der Waals surface area contributed by atoms with Crippen LogP contribution in [0.3, 0.4) is 0 Å². The summed E-state index contributed by atoms with van der Waals surface area (Å²) in [6.45, 7) is 0.108. The van der Waals surface area contributed by atoms with Crippen molar-refractivity contribution < 1.29 is 18.3 Å². The number of hydrazine groups is 1. The Morgan fingerprint density at radius 3 is 2.95 bits per heavy atom. The van der Waals surface area contributed by atoms with Gasteiger partial charge in [0.05, 0.1) is 10.7 Å². The van der Waals surface area contributed by atoms with Crippen LogP contribution in [0, 0.1) is 5.82 Å². The lowest BCUT2D eigenvalue weighted by Crippen LogP contribution is -2.30. The molecule has 0 bridgehead atoms. The highest BCUT2D eigenvalue weighted by atomic mass is 79.9. The Labute approximate surface area is 116 Å². The molecule has 7 heteroatoms. The first-order valence-corrected chi connectivity index (χ1v) is 6.06. The molecule has 0 unspecified atom stereocenters. The van der Waals surface area contributed by atoms with Crippen LogP contribution in [0.2, 0.25) is 0 Å². The molecule has 0 radical (unpaired) electrons. The second-order valence-electron chi connectivity index (χ2n) is 3.61. The minimum atomic E-state index is -0.538. The Balaban J connectivity index is 2.08. The van der Waals surface area contributed by atoms with Gasteiger partial charge in [-0.15, -0.1) is 0 Å². The number of nitrogens with two attached hydrogens (primary N) is 1. The molecule has 0 saturated carbocycles. The van der Waals surface area contributed by atoms with Gasteiger partial charge in [0.1, 0.15) is 18.2 Å². The van der Waals surface area contributed by atoms with E-state index in [-0.39, 0.29) is 18.2 Å². The summed E-state index contributed by atoms with van der Waals surface area (Å²) in [6.07, 6.45) is 1.36. The number of ether oxygens (including phenoxy) is 1. The molecule has 1 aromatic heterocycles. The SMILES string of the molecule is NNC(=O)c1occc1COc1ccc(F)c(Br)c1. The smallest absolute Gasteiger partial charge is 0.301 e. The number of nitrogens with one attached hydrogen (secondary N) is 1. The van der Waals surface area contributed by atoms with Gasteiger partial charge in [-0.25, -0.2) is 10.2 Å². The summed E-state index contributed by atoms with van der Waals surface area (Å²) in [6, 6.07) is 5.87. The molecule has 0 saturated heterocycles. The molecule has 0 aliphatic carbocycles. The zero-order chi connectivity index (χ0) is 13.8. The van der Waals surface area contributed by atoms with E-state index in [1.165, 1.54) is 24.5 Å². The Morgan fingerprint density at radius 1 is 1.47 bits per heavy atom. The van der Waals surface area contributed by atoms with E-state index in [9.17, 15) is 9.18 Å². The molecule has 100 valence electrons. The van der Waals surface area contributed by atoms with Crippen molar-refractivity contribution in [1.82, 2.24) is 5.43 Å². The number of furan rings is 1. The van der Waals surface area contributed by atoms with E-state index in [2.05, 4.69) is 15.9 Å². The van der Waals surface area contributed by atoms with Crippen LogP contribution in [-0.2, 0) is 6.61 Å². The third kappa shape index (κ3) is 3.12. The van der Waals surface area contributed by atoms with Gasteiger partial charge < -0.3 is 9.15 Å². The topological polar surface area (TPSA) is 77.5 Å². The highest BCUT2D eigenvalue weighted by Gasteiger charge is 2.14. The molecule has 0 aliphatic heterocycles. The lowest BCUT2D eigenvalue weighted by molar-refractivity contribution is 0.0922. The van der Waals surface area contributed by atoms with Crippen LogP contribution in [0.1, 0.15) is 16.1 Å². The molecular weight excluding hydrogens is 319 g/mol. The van der Waals surface area contributed by atoms with Crippen LogP contribution >= 0.6 is 15.9 Å². The van der Waals surface area contributed by atoms with E-state index in [4.69, 9.17) is 15.0 Å². The van der Waals surface area contributed by atoms with Crippen LogP contribution in [0.25, 0.3) is 0 Å². The van der Waals surface area contributed by atoms with E-state index in [0.717, 1.165) is 0 Å². The van der Waals surface area contributed by atoms with E-state index in [1.807, 2.05) is 5.43 Å². The van der Waals surface area contributed by atoms with Gasteiger partial charge in [0.25, 0.3) is 0 Å². The molecule has 1 heterocycles. The number of nitrogen functional groups attached to an aromatic ring is 1. The molecule has 19 heavy (non-hydrogen) atoms. The van der Waals surface area contributed by atoms with Crippen molar-refractivity contribution in [2.75, 3.05) is 0 Å². The molecule has 2 rings (SSSR count). The second kappa shape index (κ2) is 5.85. The first-order chi connectivity index (χ1) is 9.11. The maximum atomic E-state index is 13.0. The van der Waals surface area contributed by atoms with Gasteiger partial charge in [-0.3, -0.25) is 10.2 Å². The largest absolute Gasteiger partial charge is 0.489 e. The van der Waals surface area contributed by atoms with Gasteiger partial charge >= 0.3 is 5.91 Å². The average Bonchev–Trinajstić information content (AvgIpc) is 2.87. The van der Waals surface area contributed by atoms with Gasteiger partial charge in [-0.05, 0) is 40.2 Å². The minimum absolute atomic E-state index is 0.0867. The number of halogens is 2. The summed E-state index contributed by atoms with van der Waals surface area (Å²) in [5.41, 5.74) is 2.52. The molecule has 0 atom stereocenters. The first-order valence-electron chi connectivity index (χ1n) is 5.27. The van der Waals surface area contributed by atoms with Crippen molar-refractivity contribution in [2.24, 2.45) is 5.84 Å². The Bertz CT molecular complexity index is 600. The van der Waals surface area contributed by atoms with Crippen LogP contribution in [0.4, 0.5) is 4.39 Å². The lowest BCUT2D eigenvalue weighted by atomic mass is 10.2. The maximum Gasteiger partial charge on any atom is 0.301 e. The molecule has 1 amide bonds. The van der Waals surface area contributed by atoms with Crippen LogP contribution in [0.5, 0.6) is 5.75 Å². The fourth-order valence-corrected chi connectivity index (χ4v) is 1.80. The molecule has 1 aromatic carbocycles. The Kier molecular flexibility index (Phi) is 4.18. The number of hydrogen-bond donors (Lipinski definition) is 2. The first kappa shape index (κ1) is 13.6. The second-order valence-corrected chi connectivity index (χ2v) is 4.47. The monoisotopic (exact) mass is 328 g/mol. The third-order valence-corrected chi connectivity index (χ3v) is 2.98. The zero-order valence-electron chi connectivity index (χ0n) is 9.65. The number of carbonyl (C=O) groups excluding carboxylic acids is 1. The highest BCUT2D eigenvalue weighted by Crippen LogP contribution is 2.23. The molecular formula is C12H10BrFN2O3. The van der Waals surface area contributed by atoms with Crippen molar-refractivity contribution in [2.45, 2.75) is 6.61 Å². The summed E-state index contributed by atoms with van der Waals surface area (Å²) in [5, 5.41) is 0. The molecule has 5 nitrogen and oxygen atoms in total. The van der Waals surface area contributed by atoms with Gasteiger partial charge in [0.2, 0.25) is 0 Å². The van der Waals surface area contributed by atoms with Crippen LogP contribution in [-0.4, -0.2) is 5.91 Å². The molecule has 0 spiro atoms. The lowest BCUT2D eigenvalue weighted by Gasteiger charge is -2.06. The van der Waals surface area contributed by atoms with Gasteiger partial charge in [0, 0.05) is 5.56 Å². The Morgan fingerprint density at radius 2 is 2.26 bits per heavy atom. The number of benzene rings is 1. The number of rotatable bonds is 4. The van der Waals surface area contributed by atoms with Gasteiger partial charge in [-0.1, -0.05) is 0 Å². The van der Waals surface area contributed by atoms with E-state index in [1.54, 1.807) is 6.07 Å². The summed E-state index contributed by atoms with van der Waals surface area (Å²) in [7, 11) is 0. The van der Waals surface area contributed by atoms with Crippen molar-refractivity contribution in [3.63, 3.8) is 0 Å². The molecule has 0 aliphatic rings. The minimum Gasteiger partial charge on any atom is -0.489 e. The zero-order valence-corrected chi connectivity index (χ0v) is 11.2. The van der Waals surface area contributed by atoms with Crippen molar-refractivity contribution in [3.8, 4) is 5.75 Å². The molecule has 3 N–H and O–H groups in total. The van der Waals surface area contributed by atoms with Gasteiger partial charge in [-0.2, -0.15) is 0 Å². The van der Waals surface area contributed by atoms with Crippen molar-refractivity contribution >= 4 is 21.8 Å². The summed E-state index contributed by atoms with van der Waals surface area (Å²) < 4.78 is 23.8. The van der Waals surface area contributed by atoms with Gasteiger partial charge in [0.15, 0.2) is 5.76 Å². The van der Waals surface area contributed by atoms with E-state index >= 15 is 0 Å². The fourth-order valence-electron chi connectivity index (χ4n) is 1.44. The van der Waals surface area contributed by atoms with Crippen LogP contribution < -0.4 is 16.0 Å². The molecule has 0 fully saturated rings. The van der Waals surface area contributed by atoms with E-state index in [0.29, 0.717) is 15.8 Å². The van der Waals surface area contributed by atoms with Crippen molar-refractivity contribution in [3.05, 3.63) is 52.1 Å². The fraction of sp³-hybridized carbons (Fsp3) is 0.0833. The number of hydrogen-bond acceptors (Lipinski definition) is 4. The standard InChI is InChI=1S/C12H10BrFN2O3/c13-9-5-8(1-2-10(9)14)19-6-7-3-4-18-11(7)12(17)16-15/h1-5H,6,15H2,(H,16,17). The molecule has 2 aromatic rings. The number of amides is 1.